The van der Waals surface area contributed by atoms with Crippen molar-refractivity contribution in [3.05, 3.63) is 24.3 Å². The van der Waals surface area contributed by atoms with E-state index in [9.17, 15) is 9.90 Å². The van der Waals surface area contributed by atoms with Crippen LogP contribution in [0.3, 0.4) is 0 Å². The minimum Gasteiger partial charge on any atom is -0.469 e. The Morgan fingerprint density at radius 3 is 2.15 bits per heavy atom. The molecule has 40 heavy (non-hydrogen) atoms. The van der Waals surface area contributed by atoms with Crippen LogP contribution in [-0.4, -0.2) is 53.1 Å². The van der Waals surface area contributed by atoms with Crippen molar-refractivity contribution in [2.75, 3.05) is 7.11 Å². The number of hydrogen-bond acceptors (Lipinski definition) is 5. The third-order valence-corrected chi connectivity index (χ3v) is 18.6. The van der Waals surface area contributed by atoms with Crippen LogP contribution in [0, 0.1) is 11.8 Å². The molecule has 0 aromatic rings. The van der Waals surface area contributed by atoms with E-state index in [4.69, 9.17) is 13.6 Å². The van der Waals surface area contributed by atoms with Crippen LogP contribution in [0.15, 0.2) is 24.3 Å². The molecule has 7 heteroatoms. The molecule has 0 spiro atoms. The van der Waals surface area contributed by atoms with Gasteiger partial charge in [0.05, 0.1) is 25.4 Å². The van der Waals surface area contributed by atoms with E-state index < -0.39 is 22.7 Å². The molecule has 1 aliphatic carbocycles. The fraction of sp³-hybridized carbons (Fsp3) is 0.848. The molecular formula is C33H64O5Si2. The quantitative estimate of drug-likeness (QED) is 0.0833. The molecule has 0 saturated heterocycles. The van der Waals surface area contributed by atoms with Gasteiger partial charge in [0.25, 0.3) is 0 Å². The minimum absolute atomic E-state index is 0.0325. The van der Waals surface area contributed by atoms with Gasteiger partial charge >= 0.3 is 5.97 Å². The van der Waals surface area contributed by atoms with Crippen molar-refractivity contribution in [2.24, 2.45) is 11.8 Å². The summed E-state index contributed by atoms with van der Waals surface area (Å²) in [4.78, 5) is 11.4. The number of ether oxygens (including phenoxy) is 1. The predicted octanol–water partition coefficient (Wildman–Crippen LogP) is 9.19. The average Bonchev–Trinajstić information content (AvgIpc) is 3.10. The molecule has 5 nitrogen and oxygen atoms in total. The van der Waals surface area contributed by atoms with Crippen molar-refractivity contribution in [3.8, 4) is 0 Å². The van der Waals surface area contributed by atoms with Crippen LogP contribution in [0.4, 0.5) is 0 Å². The van der Waals surface area contributed by atoms with Crippen LogP contribution in [0.25, 0.3) is 0 Å². The van der Waals surface area contributed by atoms with Gasteiger partial charge in [0.2, 0.25) is 0 Å². The van der Waals surface area contributed by atoms with E-state index in [0.717, 1.165) is 32.1 Å². The second-order valence-corrected chi connectivity index (χ2v) is 24.4. The second kappa shape index (κ2) is 16.2. The second-order valence-electron chi connectivity index (χ2n) is 14.9. The molecule has 234 valence electrons. The molecular weight excluding hydrogens is 533 g/mol. The number of rotatable bonds is 16. The van der Waals surface area contributed by atoms with Crippen molar-refractivity contribution in [1.82, 2.24) is 0 Å². The summed E-state index contributed by atoms with van der Waals surface area (Å²) in [6.07, 6.45) is 16.8. The molecule has 1 N–H and O–H groups in total. The van der Waals surface area contributed by atoms with E-state index in [1.807, 2.05) is 0 Å². The average molecular weight is 597 g/mol. The van der Waals surface area contributed by atoms with Gasteiger partial charge in [-0.3, -0.25) is 4.79 Å². The number of hydrogen-bond donors (Lipinski definition) is 1. The van der Waals surface area contributed by atoms with Crippen molar-refractivity contribution in [2.45, 2.75) is 161 Å². The van der Waals surface area contributed by atoms with E-state index in [1.54, 1.807) is 0 Å². The first-order chi connectivity index (χ1) is 18.4. The van der Waals surface area contributed by atoms with Gasteiger partial charge in [0, 0.05) is 12.3 Å². The highest BCUT2D eigenvalue weighted by Crippen LogP contribution is 2.44. The van der Waals surface area contributed by atoms with Crippen molar-refractivity contribution >= 4 is 22.6 Å². The van der Waals surface area contributed by atoms with Gasteiger partial charge in [-0.05, 0) is 74.3 Å². The molecule has 0 radical (unpaired) electrons. The zero-order valence-corrected chi connectivity index (χ0v) is 30.1. The number of carbonyl (C=O) groups is 1. The van der Waals surface area contributed by atoms with Crippen molar-refractivity contribution in [3.63, 3.8) is 0 Å². The van der Waals surface area contributed by atoms with Crippen LogP contribution in [-0.2, 0) is 18.4 Å². The number of unbranched alkanes of at least 4 members (excludes halogenated alkanes) is 3. The van der Waals surface area contributed by atoms with Gasteiger partial charge in [0.1, 0.15) is 0 Å². The largest absolute Gasteiger partial charge is 0.469 e. The monoisotopic (exact) mass is 596 g/mol. The highest BCUT2D eigenvalue weighted by molar-refractivity contribution is 6.74. The zero-order chi connectivity index (χ0) is 30.8. The lowest BCUT2D eigenvalue weighted by Crippen LogP contribution is -2.45. The Balaban J connectivity index is 3.17. The lowest BCUT2D eigenvalue weighted by atomic mass is 9.89. The van der Waals surface area contributed by atoms with Crippen LogP contribution in [0.5, 0.6) is 0 Å². The van der Waals surface area contributed by atoms with Crippen molar-refractivity contribution in [1.29, 1.82) is 0 Å². The van der Waals surface area contributed by atoms with Crippen LogP contribution >= 0.6 is 0 Å². The lowest BCUT2D eigenvalue weighted by molar-refractivity contribution is -0.140. The molecule has 1 aliphatic rings. The molecule has 0 aromatic heterocycles. The fourth-order valence-corrected chi connectivity index (χ4v) is 7.50. The SMILES string of the molecule is CCCCC[C@@H](/C=C/[C@@H]1[C@@H](C/C=C\CCCC(=O)OC)[C@@H](O[Si](C)(C)C(C)(C)C)C[C@H]1O)O[Si](C)(C)C(C)(C)C. The number of aliphatic hydroxyl groups is 1. The zero-order valence-electron chi connectivity index (χ0n) is 28.1. The molecule has 1 fully saturated rings. The maximum absolute atomic E-state index is 11.4. The summed E-state index contributed by atoms with van der Waals surface area (Å²) in [5.74, 6) is 0.0846. The number of carbonyl (C=O) groups excluding carboxylic acids is 1. The summed E-state index contributed by atoms with van der Waals surface area (Å²) in [5, 5.41) is 11.6. The molecule has 0 amide bonds. The predicted molar refractivity (Wildman–Crippen MR) is 175 cm³/mol. The van der Waals surface area contributed by atoms with Gasteiger partial charge in [-0.1, -0.05) is 92.0 Å². The van der Waals surface area contributed by atoms with E-state index in [2.05, 4.69) is 99.0 Å². The van der Waals surface area contributed by atoms with Crippen LogP contribution in [0.2, 0.25) is 36.3 Å². The summed E-state index contributed by atoms with van der Waals surface area (Å²) < 4.78 is 18.6. The molecule has 5 atom stereocenters. The summed E-state index contributed by atoms with van der Waals surface area (Å²) >= 11 is 0. The molecule has 0 aromatic carbocycles. The number of methoxy groups -OCH3 is 1. The summed E-state index contributed by atoms with van der Waals surface area (Å²) in [7, 11) is -2.49. The standard InChI is InChI=1S/C33H64O5Si2/c1-13-14-17-20-26(37-39(9,10)32(2,3)4)23-24-27-28(21-18-15-16-19-22-31(35)36-8)30(25-29(27)34)38-40(11,12)33(5,6)7/h15,18,23-24,26-30,34H,13-14,16-17,19-22,25H2,1-12H3/b18-15-,24-23+/t26-,27+,28+,29+,30-/m0/s1. The van der Waals surface area contributed by atoms with E-state index in [-0.39, 0.29) is 40.1 Å². The molecule has 0 heterocycles. The summed E-state index contributed by atoms with van der Waals surface area (Å²) in [6.45, 7) is 25.2. The van der Waals surface area contributed by atoms with Gasteiger partial charge in [-0.2, -0.15) is 0 Å². The first kappa shape index (κ1) is 37.3. The van der Waals surface area contributed by atoms with E-state index >= 15 is 0 Å². The first-order valence-electron chi connectivity index (χ1n) is 15.8. The Morgan fingerprint density at radius 1 is 0.975 bits per heavy atom. The third kappa shape index (κ3) is 11.9. The highest BCUT2D eigenvalue weighted by Gasteiger charge is 2.47. The summed E-state index contributed by atoms with van der Waals surface area (Å²) in [5.41, 5.74) is 0. The number of esters is 1. The Labute approximate surface area is 249 Å². The van der Waals surface area contributed by atoms with Gasteiger partial charge in [0.15, 0.2) is 16.6 Å². The third-order valence-electron chi connectivity index (χ3n) is 9.59. The fourth-order valence-electron chi connectivity index (χ4n) is 4.81. The Kier molecular flexibility index (Phi) is 15.1. The maximum atomic E-state index is 11.4. The number of aliphatic hydroxyl groups excluding tert-OH is 1. The van der Waals surface area contributed by atoms with Crippen LogP contribution in [0.1, 0.15) is 106 Å². The Morgan fingerprint density at radius 2 is 1.60 bits per heavy atom. The number of allylic oxidation sites excluding steroid dienone is 2. The topological polar surface area (TPSA) is 65.0 Å². The van der Waals surface area contributed by atoms with Crippen LogP contribution < -0.4 is 0 Å². The molecule has 0 unspecified atom stereocenters. The van der Waals surface area contributed by atoms with E-state index in [1.165, 1.54) is 20.0 Å². The van der Waals surface area contributed by atoms with E-state index in [0.29, 0.717) is 12.8 Å². The van der Waals surface area contributed by atoms with Gasteiger partial charge in [-0.15, -0.1) is 0 Å². The lowest BCUT2D eigenvalue weighted by Gasteiger charge is -2.40. The van der Waals surface area contributed by atoms with Gasteiger partial charge in [-0.25, -0.2) is 0 Å². The van der Waals surface area contributed by atoms with Gasteiger partial charge < -0.3 is 18.7 Å². The smallest absolute Gasteiger partial charge is 0.305 e. The highest BCUT2D eigenvalue weighted by atomic mass is 28.4. The molecule has 1 rings (SSSR count). The minimum atomic E-state index is -2.00. The maximum Gasteiger partial charge on any atom is 0.305 e. The molecule has 1 saturated carbocycles. The van der Waals surface area contributed by atoms with Crippen molar-refractivity contribution < 1.29 is 23.5 Å². The Bertz CT molecular complexity index is 807. The molecule has 0 bridgehead atoms. The summed E-state index contributed by atoms with van der Waals surface area (Å²) in [6, 6.07) is 0. The Hall–Kier alpha value is -0.736. The molecule has 0 aliphatic heterocycles. The normalized spacial score (nSPS) is 23.8. The first-order valence-corrected chi connectivity index (χ1v) is 21.6.